The number of H-pyrrole nitrogens is 1. The Morgan fingerprint density at radius 3 is 2.81 bits per heavy atom. The quantitative estimate of drug-likeness (QED) is 0.783. The number of aromatic amines is 1. The molecule has 2 heterocycles. The molecule has 1 aliphatic carbocycles. The van der Waals surface area contributed by atoms with Crippen molar-refractivity contribution in [2.75, 3.05) is 13.1 Å². The Hall–Kier alpha value is -1.16. The van der Waals surface area contributed by atoms with Crippen molar-refractivity contribution in [3.05, 3.63) is 27.9 Å². The first-order valence-electron chi connectivity index (χ1n) is 6.15. The molecular formula is C12H17N3O. The Morgan fingerprint density at radius 2 is 2.12 bits per heavy atom. The number of piperidine rings is 1. The van der Waals surface area contributed by atoms with Crippen molar-refractivity contribution in [3.63, 3.8) is 0 Å². The van der Waals surface area contributed by atoms with Crippen molar-refractivity contribution in [1.82, 2.24) is 15.3 Å². The van der Waals surface area contributed by atoms with Gasteiger partial charge in [-0.3, -0.25) is 4.79 Å². The highest BCUT2D eigenvalue weighted by molar-refractivity contribution is 5.14. The Kier molecular flexibility index (Phi) is 2.52. The van der Waals surface area contributed by atoms with E-state index in [4.69, 9.17) is 0 Å². The van der Waals surface area contributed by atoms with E-state index < -0.39 is 0 Å². The molecule has 0 bridgehead atoms. The summed E-state index contributed by atoms with van der Waals surface area (Å²) in [5, 5.41) is 3.36. The molecule has 0 amide bonds. The van der Waals surface area contributed by atoms with Crippen LogP contribution in [0.25, 0.3) is 0 Å². The molecule has 0 spiro atoms. The lowest BCUT2D eigenvalue weighted by atomic mass is 9.96. The zero-order valence-electron chi connectivity index (χ0n) is 9.33. The summed E-state index contributed by atoms with van der Waals surface area (Å²) >= 11 is 0. The molecule has 16 heavy (non-hydrogen) atoms. The summed E-state index contributed by atoms with van der Waals surface area (Å²) in [6, 6.07) is 1.67. The Labute approximate surface area is 94.5 Å². The standard InChI is InChI=1S/C12H17N3O/c16-11-6-10(9-2-1-5-13-7-9)14-12(15-11)8-3-4-8/h6,8-9,13H,1-5,7H2,(H,14,15,16). The van der Waals surface area contributed by atoms with E-state index in [2.05, 4.69) is 15.3 Å². The average Bonchev–Trinajstić information content (AvgIpc) is 3.13. The molecule has 1 aliphatic heterocycles. The fourth-order valence-electron chi connectivity index (χ4n) is 2.36. The van der Waals surface area contributed by atoms with Crippen LogP contribution in [-0.4, -0.2) is 23.1 Å². The van der Waals surface area contributed by atoms with Crippen LogP contribution in [0.15, 0.2) is 10.9 Å². The van der Waals surface area contributed by atoms with Gasteiger partial charge in [-0.1, -0.05) is 0 Å². The van der Waals surface area contributed by atoms with Crippen LogP contribution < -0.4 is 10.9 Å². The van der Waals surface area contributed by atoms with Crippen molar-refractivity contribution in [1.29, 1.82) is 0 Å². The van der Waals surface area contributed by atoms with Gasteiger partial charge in [0, 0.05) is 24.4 Å². The van der Waals surface area contributed by atoms with Gasteiger partial charge in [-0.15, -0.1) is 0 Å². The lowest BCUT2D eigenvalue weighted by Gasteiger charge is -2.22. The van der Waals surface area contributed by atoms with E-state index >= 15 is 0 Å². The Bertz CT molecular complexity index is 430. The third-order valence-electron chi connectivity index (χ3n) is 3.46. The summed E-state index contributed by atoms with van der Waals surface area (Å²) in [5.41, 5.74) is 0.996. The number of nitrogens with zero attached hydrogens (tertiary/aromatic N) is 1. The minimum Gasteiger partial charge on any atom is -0.316 e. The highest BCUT2D eigenvalue weighted by Crippen LogP contribution is 2.37. The first kappa shape index (κ1) is 10.0. The summed E-state index contributed by atoms with van der Waals surface area (Å²) < 4.78 is 0. The second kappa shape index (κ2) is 4.01. The van der Waals surface area contributed by atoms with Crippen LogP contribution in [0.5, 0.6) is 0 Å². The van der Waals surface area contributed by atoms with Crippen molar-refractivity contribution >= 4 is 0 Å². The lowest BCUT2D eigenvalue weighted by Crippen LogP contribution is -2.30. The third kappa shape index (κ3) is 2.02. The normalized spacial score (nSPS) is 25.6. The molecule has 2 aliphatic rings. The van der Waals surface area contributed by atoms with E-state index in [1.807, 2.05) is 0 Å². The van der Waals surface area contributed by atoms with Crippen LogP contribution in [0.2, 0.25) is 0 Å². The van der Waals surface area contributed by atoms with E-state index in [9.17, 15) is 4.79 Å². The highest BCUT2D eigenvalue weighted by atomic mass is 16.1. The molecule has 4 heteroatoms. The van der Waals surface area contributed by atoms with E-state index in [1.54, 1.807) is 6.07 Å². The van der Waals surface area contributed by atoms with Crippen molar-refractivity contribution in [3.8, 4) is 0 Å². The molecule has 0 aromatic carbocycles. The van der Waals surface area contributed by atoms with E-state index in [0.717, 1.165) is 31.0 Å². The second-order valence-electron chi connectivity index (χ2n) is 4.87. The molecule has 2 N–H and O–H groups in total. The molecule has 3 rings (SSSR count). The van der Waals surface area contributed by atoms with Crippen LogP contribution >= 0.6 is 0 Å². The predicted octanol–water partition coefficient (Wildman–Crippen LogP) is 1.11. The number of aromatic nitrogens is 2. The molecule has 4 nitrogen and oxygen atoms in total. The molecule has 0 radical (unpaired) electrons. The first-order chi connectivity index (χ1) is 7.83. The van der Waals surface area contributed by atoms with Gasteiger partial charge in [0.25, 0.3) is 5.56 Å². The van der Waals surface area contributed by atoms with E-state index in [1.165, 1.54) is 19.3 Å². The van der Waals surface area contributed by atoms with Gasteiger partial charge in [-0.05, 0) is 32.2 Å². The van der Waals surface area contributed by atoms with Gasteiger partial charge < -0.3 is 10.3 Å². The summed E-state index contributed by atoms with van der Waals surface area (Å²) in [6.45, 7) is 2.05. The van der Waals surface area contributed by atoms with Crippen LogP contribution in [-0.2, 0) is 0 Å². The summed E-state index contributed by atoms with van der Waals surface area (Å²) in [7, 11) is 0. The highest BCUT2D eigenvalue weighted by Gasteiger charge is 2.27. The van der Waals surface area contributed by atoms with Crippen molar-refractivity contribution < 1.29 is 0 Å². The van der Waals surface area contributed by atoms with Gasteiger partial charge in [-0.25, -0.2) is 4.98 Å². The summed E-state index contributed by atoms with van der Waals surface area (Å²) in [6.07, 6.45) is 4.68. The molecular weight excluding hydrogens is 202 g/mol. The number of hydrogen-bond acceptors (Lipinski definition) is 3. The molecule has 86 valence electrons. The monoisotopic (exact) mass is 219 g/mol. The van der Waals surface area contributed by atoms with Crippen LogP contribution in [0.1, 0.15) is 49.0 Å². The first-order valence-corrected chi connectivity index (χ1v) is 6.15. The fraction of sp³-hybridized carbons (Fsp3) is 0.667. The van der Waals surface area contributed by atoms with E-state index in [-0.39, 0.29) is 5.56 Å². The van der Waals surface area contributed by atoms with Crippen LogP contribution in [0.3, 0.4) is 0 Å². The maximum Gasteiger partial charge on any atom is 0.251 e. The van der Waals surface area contributed by atoms with Gasteiger partial charge in [-0.2, -0.15) is 0 Å². The lowest BCUT2D eigenvalue weighted by molar-refractivity contribution is 0.452. The predicted molar refractivity (Wildman–Crippen MR) is 61.7 cm³/mol. The second-order valence-corrected chi connectivity index (χ2v) is 4.87. The molecule has 1 aromatic heterocycles. The van der Waals surface area contributed by atoms with Gasteiger partial charge in [0.1, 0.15) is 5.82 Å². The largest absolute Gasteiger partial charge is 0.316 e. The van der Waals surface area contributed by atoms with Crippen LogP contribution in [0.4, 0.5) is 0 Å². The van der Waals surface area contributed by atoms with E-state index in [0.29, 0.717) is 11.8 Å². The molecule has 1 atom stereocenters. The minimum atomic E-state index is 0.0115. The number of hydrogen-bond donors (Lipinski definition) is 2. The molecule has 1 saturated carbocycles. The fourth-order valence-corrected chi connectivity index (χ4v) is 2.36. The number of rotatable bonds is 2. The maximum atomic E-state index is 11.6. The minimum absolute atomic E-state index is 0.0115. The molecule has 2 fully saturated rings. The van der Waals surface area contributed by atoms with Crippen molar-refractivity contribution in [2.24, 2.45) is 0 Å². The zero-order chi connectivity index (χ0) is 11.0. The zero-order valence-corrected chi connectivity index (χ0v) is 9.33. The Balaban J connectivity index is 1.89. The SMILES string of the molecule is O=c1cc(C2CCCNC2)nc(C2CC2)[nH]1. The van der Waals surface area contributed by atoms with Gasteiger partial charge in [0.05, 0.1) is 5.69 Å². The summed E-state index contributed by atoms with van der Waals surface area (Å²) in [5.74, 6) is 1.85. The topological polar surface area (TPSA) is 57.8 Å². The average molecular weight is 219 g/mol. The molecule has 1 saturated heterocycles. The smallest absolute Gasteiger partial charge is 0.251 e. The Morgan fingerprint density at radius 1 is 1.25 bits per heavy atom. The van der Waals surface area contributed by atoms with Crippen molar-refractivity contribution in [2.45, 2.75) is 37.5 Å². The third-order valence-corrected chi connectivity index (χ3v) is 3.46. The summed E-state index contributed by atoms with van der Waals surface area (Å²) in [4.78, 5) is 19.1. The molecule has 1 unspecified atom stereocenters. The van der Waals surface area contributed by atoms with Crippen LogP contribution in [0, 0.1) is 0 Å². The van der Waals surface area contributed by atoms with Gasteiger partial charge in [0.2, 0.25) is 0 Å². The number of nitrogens with one attached hydrogen (secondary N) is 2. The maximum absolute atomic E-state index is 11.6. The van der Waals surface area contributed by atoms with Gasteiger partial charge >= 0.3 is 0 Å². The van der Waals surface area contributed by atoms with Gasteiger partial charge in [0.15, 0.2) is 0 Å². The molecule has 1 aromatic rings.